The van der Waals surface area contributed by atoms with Gasteiger partial charge in [0.15, 0.2) is 29.1 Å². The molecule has 2 aromatic rings. The number of esters is 2. The Balaban J connectivity index is 1.59. The maximum atomic E-state index is 12.8. The average Bonchev–Trinajstić information content (AvgIpc) is 2.89. The zero-order valence-electron chi connectivity index (χ0n) is 20.3. The highest BCUT2D eigenvalue weighted by Gasteiger charge is 2.52. The van der Waals surface area contributed by atoms with Crippen LogP contribution in [0.5, 0.6) is 34.5 Å². The Kier molecular flexibility index (Phi) is 7.21. The molecule has 0 bridgehead atoms. The normalized spacial score (nSPS) is 24.3. The molecule has 1 saturated heterocycles. The van der Waals surface area contributed by atoms with Crippen LogP contribution < -0.4 is 18.9 Å². The van der Waals surface area contributed by atoms with E-state index in [1.807, 2.05) is 0 Å². The average molecular weight is 522 g/mol. The molecule has 1 fully saturated rings. The van der Waals surface area contributed by atoms with Crippen molar-refractivity contribution in [2.45, 2.75) is 30.5 Å². The molecule has 0 saturated carbocycles. The number of fused-ring (bicyclic) bond motifs is 3. The summed E-state index contributed by atoms with van der Waals surface area (Å²) in [5.74, 6) is -2.50. The number of hydrogen-bond acceptors (Lipinski definition) is 13. The highest BCUT2D eigenvalue weighted by Crippen LogP contribution is 2.50. The van der Waals surface area contributed by atoms with Gasteiger partial charge in [0.05, 0.1) is 39.6 Å². The molecule has 4 rings (SSSR count). The third-order valence-electron chi connectivity index (χ3n) is 6.19. The van der Waals surface area contributed by atoms with Gasteiger partial charge in [0.2, 0.25) is 11.5 Å². The molecule has 0 aliphatic carbocycles. The standard InChI is InChI=1S/C24H26O13/c1-31-12-5-9(6-13(32-2)20(12)34-4)23(29)35-8-14-16(26)18(28)22-21(36-14)15-10(24(30)37-22)7-11(25)19(33-3)17(15)27/h5-7,14,16,18,21-22,25-28H,8H2,1-4H3/t14-,16-,18+,21+,22-/m1/s1. The molecule has 0 spiro atoms. The van der Waals surface area contributed by atoms with E-state index in [1.165, 1.54) is 40.6 Å². The van der Waals surface area contributed by atoms with E-state index in [9.17, 15) is 30.0 Å². The van der Waals surface area contributed by atoms with Gasteiger partial charge in [0.25, 0.3) is 0 Å². The molecule has 37 heavy (non-hydrogen) atoms. The van der Waals surface area contributed by atoms with Crippen molar-refractivity contribution in [3.8, 4) is 34.5 Å². The van der Waals surface area contributed by atoms with Gasteiger partial charge in [0, 0.05) is 5.56 Å². The first kappa shape index (κ1) is 26.1. The van der Waals surface area contributed by atoms with Gasteiger partial charge in [-0.1, -0.05) is 0 Å². The van der Waals surface area contributed by atoms with Crippen LogP contribution in [-0.4, -0.2) is 91.8 Å². The molecule has 4 N–H and O–H groups in total. The third kappa shape index (κ3) is 4.41. The fourth-order valence-corrected chi connectivity index (χ4v) is 4.38. The first-order valence-corrected chi connectivity index (χ1v) is 11.0. The summed E-state index contributed by atoms with van der Waals surface area (Å²) >= 11 is 0. The topological polar surface area (TPSA) is 180 Å². The van der Waals surface area contributed by atoms with Crippen LogP contribution in [0, 0.1) is 0 Å². The number of aliphatic hydroxyl groups is 2. The van der Waals surface area contributed by atoms with Gasteiger partial charge in [-0.15, -0.1) is 0 Å². The second-order valence-corrected chi connectivity index (χ2v) is 8.20. The van der Waals surface area contributed by atoms with Gasteiger partial charge in [-0.05, 0) is 18.2 Å². The zero-order chi connectivity index (χ0) is 27.0. The van der Waals surface area contributed by atoms with Gasteiger partial charge >= 0.3 is 11.9 Å². The smallest absolute Gasteiger partial charge is 0.339 e. The van der Waals surface area contributed by atoms with Crippen molar-refractivity contribution in [2.24, 2.45) is 0 Å². The Morgan fingerprint density at radius 2 is 1.54 bits per heavy atom. The highest BCUT2D eigenvalue weighted by molar-refractivity contribution is 5.95. The Hall–Kier alpha value is -3.94. The van der Waals surface area contributed by atoms with Crippen molar-refractivity contribution in [1.29, 1.82) is 0 Å². The Labute approximate surface area is 210 Å². The van der Waals surface area contributed by atoms with Crippen molar-refractivity contribution in [3.63, 3.8) is 0 Å². The summed E-state index contributed by atoms with van der Waals surface area (Å²) in [6.45, 7) is -0.518. The van der Waals surface area contributed by atoms with E-state index in [1.54, 1.807) is 0 Å². The van der Waals surface area contributed by atoms with Gasteiger partial charge in [0.1, 0.15) is 31.0 Å². The van der Waals surface area contributed by atoms with Crippen LogP contribution in [-0.2, 0) is 14.2 Å². The van der Waals surface area contributed by atoms with E-state index in [4.69, 9.17) is 33.2 Å². The molecular formula is C24H26O13. The van der Waals surface area contributed by atoms with Crippen molar-refractivity contribution in [2.75, 3.05) is 35.0 Å². The summed E-state index contributed by atoms with van der Waals surface area (Å²) in [7, 11) is 5.38. The molecule has 200 valence electrons. The lowest BCUT2D eigenvalue weighted by atomic mass is 9.86. The molecule has 0 radical (unpaired) electrons. The van der Waals surface area contributed by atoms with E-state index >= 15 is 0 Å². The summed E-state index contributed by atoms with van der Waals surface area (Å²) in [6, 6.07) is 3.79. The molecular weight excluding hydrogens is 496 g/mol. The number of benzene rings is 2. The summed E-state index contributed by atoms with van der Waals surface area (Å²) in [6.07, 6.45) is -7.22. The van der Waals surface area contributed by atoms with Crippen LogP contribution in [0.25, 0.3) is 0 Å². The van der Waals surface area contributed by atoms with Crippen LogP contribution >= 0.6 is 0 Å². The minimum atomic E-state index is -1.65. The fraction of sp³-hybridized carbons (Fsp3) is 0.417. The van der Waals surface area contributed by atoms with E-state index in [-0.39, 0.29) is 39.7 Å². The molecule has 2 heterocycles. The summed E-state index contributed by atoms with van der Waals surface area (Å²) in [5.41, 5.74) is -0.273. The number of rotatable bonds is 7. The number of methoxy groups -OCH3 is 4. The largest absolute Gasteiger partial charge is 0.504 e. The first-order chi connectivity index (χ1) is 17.7. The molecule has 2 aliphatic rings. The predicted molar refractivity (Wildman–Crippen MR) is 122 cm³/mol. The number of carbonyl (C=O) groups is 2. The highest BCUT2D eigenvalue weighted by atomic mass is 16.6. The Bertz CT molecular complexity index is 1180. The lowest BCUT2D eigenvalue weighted by molar-refractivity contribution is -0.235. The molecule has 2 aromatic carbocycles. The molecule has 13 nitrogen and oxygen atoms in total. The molecule has 2 aliphatic heterocycles. The molecule has 0 unspecified atom stereocenters. The van der Waals surface area contributed by atoms with Crippen LogP contribution in [0.15, 0.2) is 18.2 Å². The number of aliphatic hydroxyl groups excluding tert-OH is 2. The molecule has 0 amide bonds. The number of hydrogen-bond donors (Lipinski definition) is 4. The van der Waals surface area contributed by atoms with Crippen molar-refractivity contribution >= 4 is 11.9 Å². The maximum absolute atomic E-state index is 12.8. The Morgan fingerprint density at radius 3 is 2.11 bits per heavy atom. The van der Waals surface area contributed by atoms with Crippen LogP contribution in [0.3, 0.4) is 0 Å². The zero-order valence-corrected chi connectivity index (χ0v) is 20.3. The van der Waals surface area contributed by atoms with Gasteiger partial charge in [-0.25, -0.2) is 9.59 Å². The predicted octanol–water partition coefficient (Wildman–Crippen LogP) is 0.690. The maximum Gasteiger partial charge on any atom is 0.339 e. The number of ether oxygens (including phenoxy) is 7. The number of phenols is 2. The van der Waals surface area contributed by atoms with E-state index in [2.05, 4.69) is 0 Å². The molecule has 5 atom stereocenters. The minimum Gasteiger partial charge on any atom is -0.504 e. The van der Waals surface area contributed by atoms with Crippen LogP contribution in [0.4, 0.5) is 0 Å². The Morgan fingerprint density at radius 1 is 0.919 bits per heavy atom. The van der Waals surface area contributed by atoms with Gasteiger partial charge in [-0.2, -0.15) is 0 Å². The first-order valence-electron chi connectivity index (χ1n) is 11.0. The monoisotopic (exact) mass is 522 g/mol. The lowest BCUT2D eigenvalue weighted by Crippen LogP contribution is -2.58. The van der Waals surface area contributed by atoms with Gasteiger partial charge in [-0.3, -0.25) is 0 Å². The van der Waals surface area contributed by atoms with E-state index in [0.717, 1.165) is 6.07 Å². The number of aromatic hydroxyl groups is 2. The second-order valence-electron chi connectivity index (χ2n) is 8.20. The summed E-state index contributed by atoms with van der Waals surface area (Å²) < 4.78 is 37.1. The SMILES string of the molecule is COc1cc(C(=O)OC[C@H]2O[C@H]3c4c(cc(O)c(OC)c4O)C(=O)O[C@@H]3[C@@H](O)[C@@H]2O)cc(OC)c1OC. The van der Waals surface area contributed by atoms with Gasteiger partial charge < -0.3 is 53.6 Å². The fourth-order valence-electron chi connectivity index (χ4n) is 4.38. The van der Waals surface area contributed by atoms with Crippen LogP contribution in [0.2, 0.25) is 0 Å². The minimum absolute atomic E-state index is 0.0491. The van der Waals surface area contributed by atoms with Crippen LogP contribution in [0.1, 0.15) is 32.4 Å². The van der Waals surface area contributed by atoms with E-state index in [0.29, 0.717) is 0 Å². The van der Waals surface area contributed by atoms with Crippen molar-refractivity contribution in [3.05, 3.63) is 34.9 Å². The quantitative estimate of drug-likeness (QED) is 0.373. The summed E-state index contributed by atoms with van der Waals surface area (Å²) in [4.78, 5) is 25.3. The van der Waals surface area contributed by atoms with Crippen molar-refractivity contribution < 1.29 is 63.2 Å². The number of phenolic OH excluding ortho intramolecular Hbond substituents is 2. The lowest BCUT2D eigenvalue weighted by Gasteiger charge is -2.44. The molecule has 13 heteroatoms. The number of carbonyl (C=O) groups excluding carboxylic acids is 2. The third-order valence-corrected chi connectivity index (χ3v) is 6.19. The van der Waals surface area contributed by atoms with E-state index < -0.39 is 60.6 Å². The van der Waals surface area contributed by atoms with Crippen molar-refractivity contribution in [1.82, 2.24) is 0 Å². The summed E-state index contributed by atoms with van der Waals surface area (Å²) in [5, 5.41) is 42.0. The second kappa shape index (κ2) is 10.2. The molecule has 0 aromatic heterocycles.